The molecular formula is C29H32N4O4S. The second kappa shape index (κ2) is 10.7. The maximum Gasteiger partial charge on any atom is 0.305 e. The summed E-state index contributed by atoms with van der Waals surface area (Å²) in [7, 11) is 0.269. The number of para-hydroxylation sites is 1. The number of aryl methyl sites for hydroxylation is 1. The first kappa shape index (κ1) is 26.1. The van der Waals surface area contributed by atoms with Crippen LogP contribution in [0.2, 0.25) is 0 Å². The molecule has 3 aromatic carbocycles. The van der Waals surface area contributed by atoms with Gasteiger partial charge in [-0.15, -0.1) is 0 Å². The quantitative estimate of drug-likeness (QED) is 0.333. The molecule has 0 saturated heterocycles. The molecule has 1 aliphatic rings. The van der Waals surface area contributed by atoms with Gasteiger partial charge in [0, 0.05) is 25.2 Å². The number of anilines is 1. The van der Waals surface area contributed by atoms with Crippen molar-refractivity contribution in [2.45, 2.75) is 31.2 Å². The molecule has 2 heterocycles. The maximum absolute atomic E-state index is 13.6. The number of carbonyl (C=O) groups is 1. The number of fused-ring (bicyclic) bond motifs is 2. The molecule has 1 aromatic heterocycles. The molecule has 0 bridgehead atoms. The molecule has 1 amide bonds. The van der Waals surface area contributed by atoms with E-state index in [0.717, 1.165) is 24.1 Å². The van der Waals surface area contributed by atoms with Crippen LogP contribution >= 0.6 is 0 Å². The molecule has 0 N–H and O–H groups in total. The van der Waals surface area contributed by atoms with E-state index in [1.807, 2.05) is 63.5 Å². The number of oxazole rings is 1. The Morgan fingerprint density at radius 1 is 0.974 bits per heavy atom. The number of sulfonamides is 1. The lowest BCUT2D eigenvalue weighted by molar-refractivity contribution is 0.0981. The van der Waals surface area contributed by atoms with E-state index in [2.05, 4.69) is 9.88 Å². The van der Waals surface area contributed by atoms with Crippen molar-refractivity contribution >= 4 is 33.0 Å². The van der Waals surface area contributed by atoms with Gasteiger partial charge in [0.15, 0.2) is 5.58 Å². The number of hydrogen-bond acceptors (Lipinski definition) is 6. The van der Waals surface area contributed by atoms with Crippen LogP contribution in [0.1, 0.15) is 33.5 Å². The lowest BCUT2D eigenvalue weighted by Crippen LogP contribution is -2.36. The maximum atomic E-state index is 13.6. The van der Waals surface area contributed by atoms with Gasteiger partial charge in [-0.2, -0.15) is 9.29 Å². The normalized spacial score (nSPS) is 14.1. The summed E-state index contributed by atoms with van der Waals surface area (Å²) < 4.78 is 34.3. The number of nitrogens with zero attached hydrogens (tertiary/aromatic N) is 4. The van der Waals surface area contributed by atoms with Gasteiger partial charge in [-0.25, -0.2) is 8.42 Å². The zero-order chi connectivity index (χ0) is 26.9. The highest BCUT2D eigenvalue weighted by Gasteiger charge is 2.29. The Labute approximate surface area is 223 Å². The van der Waals surface area contributed by atoms with E-state index >= 15 is 0 Å². The molecule has 5 rings (SSSR count). The summed E-state index contributed by atoms with van der Waals surface area (Å²) in [5, 5.41) is 0. The zero-order valence-electron chi connectivity index (χ0n) is 21.9. The summed E-state index contributed by atoms with van der Waals surface area (Å²) in [5.74, 6) is -0.288. The van der Waals surface area contributed by atoms with Crippen molar-refractivity contribution in [1.82, 2.24) is 14.2 Å². The largest absolute Gasteiger partial charge is 0.423 e. The smallest absolute Gasteiger partial charge is 0.305 e. The van der Waals surface area contributed by atoms with Crippen LogP contribution in [-0.4, -0.2) is 62.2 Å². The summed E-state index contributed by atoms with van der Waals surface area (Å²) >= 11 is 0. The summed E-state index contributed by atoms with van der Waals surface area (Å²) in [4.78, 5) is 22.0. The molecule has 0 saturated carbocycles. The molecule has 4 aromatic rings. The van der Waals surface area contributed by atoms with Crippen molar-refractivity contribution < 1.29 is 17.6 Å². The van der Waals surface area contributed by atoms with Crippen molar-refractivity contribution in [2.24, 2.45) is 0 Å². The van der Waals surface area contributed by atoms with Crippen LogP contribution in [0.3, 0.4) is 0 Å². The monoisotopic (exact) mass is 532 g/mol. The summed E-state index contributed by atoms with van der Waals surface area (Å²) in [6, 6.07) is 20.0. The van der Waals surface area contributed by atoms with Crippen LogP contribution in [0.15, 0.2) is 76.0 Å². The van der Waals surface area contributed by atoms with E-state index < -0.39 is 10.0 Å². The van der Waals surface area contributed by atoms with Crippen molar-refractivity contribution in [1.29, 1.82) is 0 Å². The predicted octanol–water partition coefficient (Wildman–Crippen LogP) is 4.48. The van der Waals surface area contributed by atoms with Crippen LogP contribution < -0.4 is 4.90 Å². The Morgan fingerprint density at radius 2 is 1.71 bits per heavy atom. The standard InChI is InChI=1S/C29H32N4O4S/c1-21-8-6-11-26-27(21)37-29(30-26)33(18-7-17-31(2)3)28(34)23-12-14-25(15-13-23)38(35,36)32-19-16-22-9-4-5-10-24(22)20-32/h4-6,8-15H,7,16-20H2,1-3H3. The molecule has 8 nitrogen and oxygen atoms in total. The van der Waals surface area contributed by atoms with E-state index in [9.17, 15) is 13.2 Å². The van der Waals surface area contributed by atoms with Crippen LogP contribution in [0, 0.1) is 6.92 Å². The molecule has 9 heteroatoms. The molecule has 198 valence electrons. The Hall–Kier alpha value is -3.53. The fourth-order valence-electron chi connectivity index (χ4n) is 4.77. The van der Waals surface area contributed by atoms with E-state index in [1.54, 1.807) is 12.1 Å². The molecule has 0 aliphatic carbocycles. The zero-order valence-corrected chi connectivity index (χ0v) is 22.7. The van der Waals surface area contributed by atoms with Gasteiger partial charge in [-0.05, 0) is 87.4 Å². The highest BCUT2D eigenvalue weighted by molar-refractivity contribution is 7.89. The first-order valence-electron chi connectivity index (χ1n) is 12.7. The second-order valence-electron chi connectivity index (χ2n) is 9.91. The number of hydrogen-bond donors (Lipinski definition) is 0. The van der Waals surface area contributed by atoms with Gasteiger partial charge in [0.05, 0.1) is 4.90 Å². The van der Waals surface area contributed by atoms with Gasteiger partial charge in [0.2, 0.25) is 10.0 Å². The minimum Gasteiger partial charge on any atom is -0.423 e. The lowest BCUT2D eigenvalue weighted by Gasteiger charge is -2.28. The van der Waals surface area contributed by atoms with E-state index in [1.165, 1.54) is 26.9 Å². The second-order valence-corrected chi connectivity index (χ2v) is 11.9. The van der Waals surface area contributed by atoms with Crippen LogP contribution in [-0.2, 0) is 23.0 Å². The Bertz CT molecular complexity index is 1560. The number of carbonyl (C=O) groups excluding carboxylic acids is 1. The average Bonchev–Trinajstić information content (AvgIpc) is 3.36. The molecule has 1 aliphatic heterocycles. The van der Waals surface area contributed by atoms with E-state index in [-0.39, 0.29) is 16.8 Å². The van der Waals surface area contributed by atoms with E-state index in [0.29, 0.717) is 42.7 Å². The average molecular weight is 533 g/mol. The molecule has 0 atom stereocenters. The third-order valence-corrected chi connectivity index (χ3v) is 8.76. The summed E-state index contributed by atoms with van der Waals surface area (Å²) in [6.45, 7) is 3.91. The number of amides is 1. The minimum atomic E-state index is -3.69. The van der Waals surface area contributed by atoms with E-state index in [4.69, 9.17) is 4.42 Å². The van der Waals surface area contributed by atoms with Crippen molar-refractivity contribution in [2.75, 3.05) is 38.6 Å². The van der Waals surface area contributed by atoms with Gasteiger partial charge < -0.3 is 9.32 Å². The fourth-order valence-corrected chi connectivity index (χ4v) is 6.19. The Morgan fingerprint density at radius 3 is 2.42 bits per heavy atom. The van der Waals surface area contributed by atoms with Gasteiger partial charge in [0.25, 0.3) is 5.91 Å². The van der Waals surface area contributed by atoms with Crippen molar-refractivity contribution in [3.05, 3.63) is 89.0 Å². The minimum absolute atomic E-state index is 0.171. The van der Waals surface area contributed by atoms with Crippen LogP contribution in [0.5, 0.6) is 0 Å². The van der Waals surface area contributed by atoms with Gasteiger partial charge in [-0.1, -0.05) is 36.4 Å². The predicted molar refractivity (Wildman–Crippen MR) is 148 cm³/mol. The molecule has 0 fully saturated rings. The number of rotatable bonds is 8. The highest BCUT2D eigenvalue weighted by atomic mass is 32.2. The van der Waals surface area contributed by atoms with Crippen molar-refractivity contribution in [3.8, 4) is 0 Å². The number of benzene rings is 3. The fraction of sp³-hybridized carbons (Fsp3) is 0.310. The SMILES string of the molecule is Cc1cccc2nc(N(CCCN(C)C)C(=O)c3ccc(S(=O)(=O)N4CCc5ccccc5C4)cc3)oc12. The topological polar surface area (TPSA) is 87.0 Å². The number of aromatic nitrogens is 1. The first-order valence-corrected chi connectivity index (χ1v) is 14.2. The molecule has 0 unspecified atom stereocenters. The summed E-state index contributed by atoms with van der Waals surface area (Å²) in [6.07, 6.45) is 1.40. The van der Waals surface area contributed by atoms with Crippen LogP contribution in [0.4, 0.5) is 6.01 Å². The third-order valence-electron chi connectivity index (χ3n) is 6.90. The van der Waals surface area contributed by atoms with Crippen molar-refractivity contribution in [3.63, 3.8) is 0 Å². The molecular weight excluding hydrogens is 500 g/mol. The Balaban J connectivity index is 1.39. The lowest BCUT2D eigenvalue weighted by atomic mass is 10.0. The Kier molecular flexibility index (Phi) is 7.34. The highest BCUT2D eigenvalue weighted by Crippen LogP contribution is 2.28. The third kappa shape index (κ3) is 5.22. The van der Waals surface area contributed by atoms with Gasteiger partial charge >= 0.3 is 6.01 Å². The van der Waals surface area contributed by atoms with Gasteiger partial charge in [-0.3, -0.25) is 9.69 Å². The first-order chi connectivity index (χ1) is 18.2. The van der Waals surface area contributed by atoms with Crippen LogP contribution in [0.25, 0.3) is 11.1 Å². The van der Waals surface area contributed by atoms with Gasteiger partial charge in [0.1, 0.15) is 5.52 Å². The molecule has 0 spiro atoms. The summed E-state index contributed by atoms with van der Waals surface area (Å²) in [5.41, 5.74) is 4.86. The molecule has 0 radical (unpaired) electrons. The molecule has 38 heavy (non-hydrogen) atoms.